The molecule has 0 radical (unpaired) electrons. The molecule has 146 valence electrons. The molecule has 1 heterocycles. The lowest BCUT2D eigenvalue weighted by Gasteiger charge is -2.22. The van der Waals surface area contributed by atoms with Gasteiger partial charge in [-0.3, -0.25) is 4.79 Å². The monoisotopic (exact) mass is 419 g/mol. The number of anilines is 2. The fourth-order valence-corrected chi connectivity index (χ4v) is 3.97. The maximum absolute atomic E-state index is 14.5. The van der Waals surface area contributed by atoms with Crippen LogP contribution in [-0.4, -0.2) is 25.6 Å². The molecule has 0 saturated carbocycles. The van der Waals surface area contributed by atoms with Gasteiger partial charge < -0.3 is 4.90 Å². The van der Waals surface area contributed by atoms with Gasteiger partial charge in [0, 0.05) is 4.88 Å². The second kappa shape index (κ2) is 8.07. The number of sulfonamides is 1. The molecule has 0 bridgehead atoms. The normalized spacial score (nSPS) is 11.2. The SMILES string of the molecule is Cc1sc(N(Cc2ccccc2)c2ccccc2F)nc1C(=O)NS(C)(=O)=O. The molecule has 6 nitrogen and oxygen atoms in total. The van der Waals surface area contributed by atoms with E-state index >= 15 is 0 Å². The Bertz CT molecular complexity index is 1100. The molecule has 0 atom stereocenters. The lowest BCUT2D eigenvalue weighted by molar-refractivity contribution is 0.0977. The molecular weight excluding hydrogens is 401 g/mol. The van der Waals surface area contributed by atoms with Gasteiger partial charge >= 0.3 is 0 Å². The maximum Gasteiger partial charge on any atom is 0.284 e. The Hall–Kier alpha value is -2.78. The van der Waals surface area contributed by atoms with Crippen LogP contribution in [0.4, 0.5) is 15.2 Å². The molecule has 0 saturated heterocycles. The van der Waals surface area contributed by atoms with E-state index in [9.17, 15) is 17.6 Å². The fraction of sp³-hybridized carbons (Fsp3) is 0.158. The van der Waals surface area contributed by atoms with Gasteiger partial charge in [-0.1, -0.05) is 42.5 Å². The van der Waals surface area contributed by atoms with Crippen molar-refractivity contribution in [3.8, 4) is 0 Å². The summed E-state index contributed by atoms with van der Waals surface area (Å²) in [6, 6.07) is 15.8. The van der Waals surface area contributed by atoms with Crippen LogP contribution in [0.2, 0.25) is 0 Å². The first-order valence-electron chi connectivity index (χ1n) is 8.30. The highest BCUT2D eigenvalue weighted by molar-refractivity contribution is 7.89. The number of halogens is 1. The summed E-state index contributed by atoms with van der Waals surface area (Å²) < 4.78 is 39.1. The van der Waals surface area contributed by atoms with Gasteiger partial charge in [-0.2, -0.15) is 0 Å². The summed E-state index contributed by atoms with van der Waals surface area (Å²) in [6.07, 6.45) is 0.897. The number of carbonyl (C=O) groups is 1. The van der Waals surface area contributed by atoms with Crippen LogP contribution < -0.4 is 9.62 Å². The summed E-state index contributed by atoms with van der Waals surface area (Å²) in [5.74, 6) is -1.23. The zero-order valence-electron chi connectivity index (χ0n) is 15.2. The Morgan fingerprint density at radius 1 is 1.14 bits per heavy atom. The van der Waals surface area contributed by atoms with E-state index in [0.717, 1.165) is 11.8 Å². The molecule has 28 heavy (non-hydrogen) atoms. The van der Waals surface area contributed by atoms with Crippen LogP contribution in [-0.2, 0) is 16.6 Å². The number of nitrogens with one attached hydrogen (secondary N) is 1. The highest BCUT2D eigenvalue weighted by Gasteiger charge is 2.23. The summed E-state index contributed by atoms with van der Waals surface area (Å²) in [5.41, 5.74) is 1.25. The summed E-state index contributed by atoms with van der Waals surface area (Å²) in [5, 5.41) is 0.394. The molecule has 0 unspecified atom stereocenters. The van der Waals surface area contributed by atoms with Crippen molar-refractivity contribution in [2.24, 2.45) is 0 Å². The fourth-order valence-electron chi connectivity index (χ4n) is 2.62. The highest BCUT2D eigenvalue weighted by Crippen LogP contribution is 2.34. The molecule has 0 spiro atoms. The van der Waals surface area contributed by atoms with Crippen LogP contribution in [0.15, 0.2) is 54.6 Å². The Balaban J connectivity index is 2.03. The van der Waals surface area contributed by atoms with Gasteiger partial charge in [-0.15, -0.1) is 11.3 Å². The summed E-state index contributed by atoms with van der Waals surface area (Å²) in [7, 11) is -3.72. The van der Waals surface area contributed by atoms with E-state index in [4.69, 9.17) is 0 Å². The molecule has 0 aliphatic carbocycles. The lowest BCUT2D eigenvalue weighted by Crippen LogP contribution is -2.30. The van der Waals surface area contributed by atoms with Crippen molar-refractivity contribution in [2.75, 3.05) is 11.2 Å². The van der Waals surface area contributed by atoms with Crippen molar-refractivity contribution in [1.82, 2.24) is 9.71 Å². The number of hydrogen-bond donors (Lipinski definition) is 1. The maximum atomic E-state index is 14.5. The van der Waals surface area contributed by atoms with E-state index in [1.807, 2.05) is 35.1 Å². The van der Waals surface area contributed by atoms with Crippen LogP contribution >= 0.6 is 11.3 Å². The standard InChI is InChI=1S/C19H18FN3O3S2/c1-13-17(18(24)22-28(2,25)26)21-19(27-13)23(12-14-8-4-3-5-9-14)16-11-7-6-10-15(16)20/h3-11H,12H2,1-2H3,(H,22,24). The second-order valence-electron chi connectivity index (χ2n) is 6.13. The molecule has 2 aromatic carbocycles. The number of benzene rings is 2. The minimum Gasteiger partial charge on any atom is -0.311 e. The number of rotatable bonds is 6. The van der Waals surface area contributed by atoms with E-state index in [2.05, 4.69) is 4.98 Å². The third-order valence-electron chi connectivity index (χ3n) is 3.84. The quantitative estimate of drug-likeness (QED) is 0.660. The topological polar surface area (TPSA) is 79.4 Å². The Morgan fingerprint density at radius 2 is 1.79 bits per heavy atom. The number of amides is 1. The molecule has 1 N–H and O–H groups in total. The van der Waals surface area contributed by atoms with E-state index < -0.39 is 21.7 Å². The minimum atomic E-state index is -3.72. The molecule has 0 fully saturated rings. The van der Waals surface area contributed by atoms with Crippen LogP contribution in [0.3, 0.4) is 0 Å². The first-order valence-corrected chi connectivity index (χ1v) is 11.0. The second-order valence-corrected chi connectivity index (χ2v) is 9.06. The van der Waals surface area contributed by atoms with Gasteiger partial charge in [-0.05, 0) is 24.6 Å². The molecule has 3 rings (SSSR count). The van der Waals surface area contributed by atoms with Crippen LogP contribution in [0.5, 0.6) is 0 Å². The van der Waals surface area contributed by atoms with E-state index in [1.165, 1.54) is 17.4 Å². The van der Waals surface area contributed by atoms with Crippen molar-refractivity contribution in [3.05, 3.63) is 76.5 Å². The van der Waals surface area contributed by atoms with E-state index in [1.54, 1.807) is 30.0 Å². The first kappa shape index (κ1) is 20.0. The number of para-hydroxylation sites is 1. The Morgan fingerprint density at radius 3 is 2.43 bits per heavy atom. The van der Waals surface area contributed by atoms with E-state index in [-0.39, 0.29) is 5.69 Å². The zero-order chi connectivity index (χ0) is 20.3. The molecular formula is C19H18FN3O3S2. The van der Waals surface area contributed by atoms with Gasteiger partial charge in [0.05, 0.1) is 18.5 Å². The van der Waals surface area contributed by atoms with Gasteiger partial charge in [-0.25, -0.2) is 22.5 Å². The number of nitrogens with zero attached hydrogens (tertiary/aromatic N) is 2. The first-order chi connectivity index (χ1) is 13.2. The van der Waals surface area contributed by atoms with E-state index in [0.29, 0.717) is 22.2 Å². The highest BCUT2D eigenvalue weighted by atomic mass is 32.2. The third kappa shape index (κ3) is 4.73. The summed E-state index contributed by atoms with van der Waals surface area (Å²) in [4.78, 5) is 18.7. The zero-order valence-corrected chi connectivity index (χ0v) is 16.8. The molecule has 0 aliphatic rings. The van der Waals surface area contributed by atoms with Crippen LogP contribution in [0, 0.1) is 12.7 Å². The van der Waals surface area contributed by atoms with Crippen molar-refractivity contribution in [1.29, 1.82) is 0 Å². The van der Waals surface area contributed by atoms with Gasteiger partial charge in [0.1, 0.15) is 11.5 Å². The smallest absolute Gasteiger partial charge is 0.284 e. The van der Waals surface area contributed by atoms with Gasteiger partial charge in [0.15, 0.2) is 5.13 Å². The molecule has 1 amide bonds. The summed E-state index contributed by atoms with van der Waals surface area (Å²) >= 11 is 1.19. The Kier molecular flexibility index (Phi) is 5.76. The predicted octanol–water partition coefficient (Wildman–Crippen LogP) is 3.62. The summed E-state index contributed by atoms with van der Waals surface area (Å²) in [6.45, 7) is 2.00. The predicted molar refractivity (Wildman–Crippen MR) is 108 cm³/mol. The van der Waals surface area contributed by atoms with Gasteiger partial charge in [0.2, 0.25) is 10.0 Å². The van der Waals surface area contributed by atoms with Crippen molar-refractivity contribution in [3.63, 3.8) is 0 Å². The van der Waals surface area contributed by atoms with Crippen LogP contribution in [0.25, 0.3) is 0 Å². The minimum absolute atomic E-state index is 0.000161. The van der Waals surface area contributed by atoms with Crippen LogP contribution in [0.1, 0.15) is 20.9 Å². The largest absolute Gasteiger partial charge is 0.311 e. The molecule has 0 aliphatic heterocycles. The number of thiazole rings is 1. The molecule has 9 heteroatoms. The average Bonchev–Trinajstić information content (AvgIpc) is 3.02. The third-order valence-corrected chi connectivity index (χ3v) is 5.39. The van der Waals surface area contributed by atoms with Crippen molar-refractivity contribution >= 4 is 38.1 Å². The Labute approximate surface area is 166 Å². The number of aryl methyl sites for hydroxylation is 1. The number of hydrogen-bond acceptors (Lipinski definition) is 6. The van der Waals surface area contributed by atoms with Gasteiger partial charge in [0.25, 0.3) is 5.91 Å². The molecule has 3 aromatic rings. The lowest BCUT2D eigenvalue weighted by atomic mass is 10.2. The average molecular weight is 420 g/mol. The van der Waals surface area contributed by atoms with Crippen molar-refractivity contribution in [2.45, 2.75) is 13.5 Å². The number of aromatic nitrogens is 1. The number of carbonyl (C=O) groups excluding carboxylic acids is 1. The molecule has 1 aromatic heterocycles. The van der Waals surface area contributed by atoms with Crippen molar-refractivity contribution < 1.29 is 17.6 Å².